The van der Waals surface area contributed by atoms with Crippen LogP contribution in [0.1, 0.15) is 48.7 Å². The number of aryl methyl sites for hydroxylation is 2. The fourth-order valence-corrected chi connectivity index (χ4v) is 4.38. The van der Waals surface area contributed by atoms with Crippen molar-refractivity contribution in [3.05, 3.63) is 78.6 Å². The van der Waals surface area contributed by atoms with Crippen molar-refractivity contribution in [2.75, 3.05) is 13.1 Å². The Balaban J connectivity index is 1.29. The fraction of sp³-hybridized carbons (Fsp3) is 0.400. The number of hydrogen-bond donors (Lipinski definition) is 0. The number of nitrogens with zero attached hydrogens (tertiary/aromatic N) is 3. The third-order valence-corrected chi connectivity index (χ3v) is 6.19. The Morgan fingerprint density at radius 3 is 2.64 bits per heavy atom. The van der Waals surface area contributed by atoms with Gasteiger partial charge in [0.25, 0.3) is 0 Å². The van der Waals surface area contributed by atoms with Crippen LogP contribution in [0, 0.1) is 19.8 Å². The largest absolute Gasteiger partial charge is 0.295 e. The first-order chi connectivity index (χ1) is 13.7. The number of likely N-dealkylation sites (tertiary alicyclic amines) is 1. The number of hydrogen-bond acceptors (Lipinski definition) is 3. The number of rotatable bonds is 6. The van der Waals surface area contributed by atoms with Gasteiger partial charge in [0.05, 0.1) is 17.3 Å². The van der Waals surface area contributed by atoms with Gasteiger partial charge in [0, 0.05) is 17.3 Å². The van der Waals surface area contributed by atoms with Crippen molar-refractivity contribution in [1.82, 2.24) is 14.9 Å². The highest BCUT2D eigenvalue weighted by molar-refractivity contribution is 5.80. The zero-order valence-electron chi connectivity index (χ0n) is 16.8. The number of pyridine rings is 2. The van der Waals surface area contributed by atoms with Crippen molar-refractivity contribution in [3.63, 3.8) is 0 Å². The average Bonchev–Trinajstić information content (AvgIpc) is 2.74. The van der Waals surface area contributed by atoms with Crippen LogP contribution in [0.2, 0.25) is 0 Å². The van der Waals surface area contributed by atoms with Gasteiger partial charge >= 0.3 is 0 Å². The molecule has 2 aromatic heterocycles. The normalized spacial score (nSPS) is 17.1. The Morgan fingerprint density at radius 2 is 1.86 bits per heavy atom. The lowest BCUT2D eigenvalue weighted by Crippen LogP contribution is -2.36. The molecule has 1 fully saturated rings. The SMILES string of the molecule is [CH2]C(c1ccc2c(C)nccc2n1)N1CCC(CCCc2ccccc2)CC1. The van der Waals surface area contributed by atoms with Gasteiger partial charge in [-0.2, -0.15) is 0 Å². The molecule has 1 radical (unpaired) electrons. The van der Waals surface area contributed by atoms with E-state index < -0.39 is 0 Å². The van der Waals surface area contributed by atoms with Gasteiger partial charge < -0.3 is 0 Å². The number of aromatic nitrogens is 2. The predicted octanol–water partition coefficient (Wildman–Crippen LogP) is 5.55. The molecule has 4 rings (SSSR count). The summed E-state index contributed by atoms with van der Waals surface area (Å²) in [7, 11) is 0. The van der Waals surface area contributed by atoms with Gasteiger partial charge in [0.1, 0.15) is 0 Å². The van der Waals surface area contributed by atoms with Crippen molar-refractivity contribution in [2.24, 2.45) is 5.92 Å². The first kappa shape index (κ1) is 19.1. The first-order valence-corrected chi connectivity index (χ1v) is 10.5. The van der Waals surface area contributed by atoms with E-state index in [9.17, 15) is 0 Å². The van der Waals surface area contributed by atoms with Crippen LogP contribution in [0.25, 0.3) is 10.9 Å². The standard InChI is InChI=1S/C25H30N3/c1-19-23-11-12-24(27-25(23)13-16-26-19)20(2)28-17-14-22(15-18-28)10-6-9-21-7-4-3-5-8-21/h3-5,7-8,11-13,16,20,22H,2,6,9-10,14-15,17-18H2,1H3. The van der Waals surface area contributed by atoms with E-state index in [1.54, 1.807) is 0 Å². The minimum Gasteiger partial charge on any atom is -0.295 e. The molecular formula is C25H30N3. The first-order valence-electron chi connectivity index (χ1n) is 10.5. The Kier molecular flexibility index (Phi) is 6.01. The molecule has 1 saturated heterocycles. The Morgan fingerprint density at radius 1 is 1.07 bits per heavy atom. The summed E-state index contributed by atoms with van der Waals surface area (Å²) >= 11 is 0. The number of fused-ring (bicyclic) bond motifs is 1. The molecule has 1 aliphatic heterocycles. The molecular weight excluding hydrogens is 342 g/mol. The molecule has 3 heterocycles. The molecule has 0 aliphatic carbocycles. The Hall–Kier alpha value is -2.26. The molecule has 3 heteroatoms. The summed E-state index contributed by atoms with van der Waals surface area (Å²) in [6.45, 7) is 8.72. The lowest BCUT2D eigenvalue weighted by atomic mass is 9.90. The van der Waals surface area contributed by atoms with Gasteiger partial charge in [-0.25, -0.2) is 0 Å². The van der Waals surface area contributed by atoms with E-state index in [0.29, 0.717) is 0 Å². The molecule has 1 atom stereocenters. The van der Waals surface area contributed by atoms with E-state index in [-0.39, 0.29) is 6.04 Å². The molecule has 28 heavy (non-hydrogen) atoms. The second-order valence-corrected chi connectivity index (χ2v) is 8.07. The van der Waals surface area contributed by atoms with E-state index in [0.717, 1.165) is 41.3 Å². The highest BCUT2D eigenvalue weighted by Gasteiger charge is 2.24. The van der Waals surface area contributed by atoms with Crippen LogP contribution < -0.4 is 0 Å². The summed E-state index contributed by atoms with van der Waals surface area (Å²) in [6, 6.07) is 17.3. The summed E-state index contributed by atoms with van der Waals surface area (Å²) in [4.78, 5) is 11.7. The fourth-order valence-electron chi connectivity index (χ4n) is 4.38. The van der Waals surface area contributed by atoms with Gasteiger partial charge in [-0.15, -0.1) is 0 Å². The monoisotopic (exact) mass is 372 g/mol. The quantitative estimate of drug-likeness (QED) is 0.568. The van der Waals surface area contributed by atoms with E-state index in [2.05, 4.69) is 59.3 Å². The Bertz CT molecular complexity index is 898. The summed E-state index contributed by atoms with van der Waals surface area (Å²) in [5.74, 6) is 0.852. The van der Waals surface area contributed by atoms with Crippen molar-refractivity contribution >= 4 is 10.9 Å². The molecule has 0 saturated carbocycles. The van der Waals surface area contributed by atoms with Gasteiger partial charge in [0.2, 0.25) is 0 Å². The molecule has 3 nitrogen and oxygen atoms in total. The highest BCUT2D eigenvalue weighted by Crippen LogP contribution is 2.29. The second-order valence-electron chi connectivity index (χ2n) is 8.07. The minimum absolute atomic E-state index is 0.128. The van der Waals surface area contributed by atoms with Crippen LogP contribution in [0.15, 0.2) is 54.7 Å². The summed E-state index contributed by atoms with van der Waals surface area (Å²) in [5, 5.41) is 1.13. The van der Waals surface area contributed by atoms with Crippen LogP contribution in [0.3, 0.4) is 0 Å². The zero-order valence-corrected chi connectivity index (χ0v) is 16.8. The van der Waals surface area contributed by atoms with E-state index >= 15 is 0 Å². The maximum atomic E-state index is 4.87. The molecule has 1 aromatic carbocycles. The van der Waals surface area contributed by atoms with Crippen LogP contribution in [0.5, 0.6) is 0 Å². The second kappa shape index (κ2) is 8.83. The summed E-state index contributed by atoms with van der Waals surface area (Å²) in [6.07, 6.45) is 8.23. The van der Waals surface area contributed by atoms with Crippen molar-refractivity contribution < 1.29 is 0 Å². The highest BCUT2D eigenvalue weighted by atomic mass is 15.2. The van der Waals surface area contributed by atoms with E-state index in [4.69, 9.17) is 4.98 Å². The maximum absolute atomic E-state index is 4.87. The van der Waals surface area contributed by atoms with Crippen molar-refractivity contribution in [3.8, 4) is 0 Å². The van der Waals surface area contributed by atoms with Crippen LogP contribution in [-0.2, 0) is 6.42 Å². The third kappa shape index (κ3) is 4.41. The van der Waals surface area contributed by atoms with Crippen molar-refractivity contribution in [1.29, 1.82) is 0 Å². The van der Waals surface area contributed by atoms with Gasteiger partial charge in [-0.3, -0.25) is 14.9 Å². The minimum atomic E-state index is 0.128. The van der Waals surface area contributed by atoms with Gasteiger partial charge in [-0.05, 0) is 82.3 Å². The Labute approximate surface area is 168 Å². The molecule has 1 aliphatic rings. The molecule has 0 N–H and O–H groups in total. The molecule has 1 unspecified atom stereocenters. The predicted molar refractivity (Wildman–Crippen MR) is 116 cm³/mol. The summed E-state index contributed by atoms with van der Waals surface area (Å²) < 4.78 is 0. The molecule has 145 valence electrons. The zero-order chi connectivity index (χ0) is 19.3. The lowest BCUT2D eigenvalue weighted by molar-refractivity contribution is 0.146. The van der Waals surface area contributed by atoms with Crippen LogP contribution >= 0.6 is 0 Å². The van der Waals surface area contributed by atoms with Crippen LogP contribution in [0.4, 0.5) is 0 Å². The molecule has 0 spiro atoms. The average molecular weight is 373 g/mol. The molecule has 0 bridgehead atoms. The van der Waals surface area contributed by atoms with Gasteiger partial charge in [0.15, 0.2) is 0 Å². The third-order valence-electron chi connectivity index (χ3n) is 6.19. The lowest BCUT2D eigenvalue weighted by Gasteiger charge is -2.36. The number of piperidine rings is 1. The maximum Gasteiger partial charge on any atom is 0.0739 e. The van der Waals surface area contributed by atoms with E-state index in [1.807, 2.05) is 19.2 Å². The molecule has 3 aromatic rings. The molecule has 0 amide bonds. The topological polar surface area (TPSA) is 29.0 Å². The summed E-state index contributed by atoms with van der Waals surface area (Å²) in [5.41, 5.74) is 4.59. The van der Waals surface area contributed by atoms with Crippen LogP contribution in [-0.4, -0.2) is 28.0 Å². The van der Waals surface area contributed by atoms with E-state index in [1.165, 1.54) is 37.7 Å². The van der Waals surface area contributed by atoms with Gasteiger partial charge in [-0.1, -0.05) is 36.8 Å². The van der Waals surface area contributed by atoms with Crippen molar-refractivity contribution in [2.45, 2.75) is 45.1 Å². The smallest absolute Gasteiger partial charge is 0.0739 e. The number of benzene rings is 1.